The first-order valence-corrected chi connectivity index (χ1v) is 7.10. The maximum Gasteiger partial charge on any atom is 0.246 e. The summed E-state index contributed by atoms with van der Waals surface area (Å²) < 4.78 is 31.5. The first-order chi connectivity index (χ1) is 8.90. The fraction of sp³-hybridized carbons (Fsp3) is 0.364. The molecule has 7 nitrogen and oxygen atoms in total. The lowest BCUT2D eigenvalue weighted by molar-refractivity contribution is 0.390. The Morgan fingerprint density at radius 2 is 1.95 bits per heavy atom. The Morgan fingerprint density at radius 1 is 1.21 bits per heavy atom. The zero-order valence-corrected chi connectivity index (χ0v) is 11.7. The van der Waals surface area contributed by atoms with E-state index in [1.807, 2.05) is 6.92 Å². The molecule has 8 heteroatoms. The van der Waals surface area contributed by atoms with Crippen molar-refractivity contribution in [2.24, 2.45) is 0 Å². The van der Waals surface area contributed by atoms with Crippen LogP contribution in [0.2, 0.25) is 0 Å². The Kier molecular flexibility index (Phi) is 3.63. The number of rotatable bonds is 4. The molecule has 0 aliphatic heterocycles. The second kappa shape index (κ2) is 5.06. The van der Waals surface area contributed by atoms with Crippen LogP contribution in [0.3, 0.4) is 0 Å². The van der Waals surface area contributed by atoms with Crippen LogP contribution in [0.1, 0.15) is 22.8 Å². The van der Waals surface area contributed by atoms with E-state index < -0.39 is 10.0 Å². The van der Waals surface area contributed by atoms with Gasteiger partial charge in [-0.2, -0.15) is 10.2 Å². The van der Waals surface area contributed by atoms with Gasteiger partial charge in [-0.15, -0.1) is 0 Å². The summed E-state index contributed by atoms with van der Waals surface area (Å²) in [4.78, 5) is 0.0765. The summed E-state index contributed by atoms with van der Waals surface area (Å²) in [5.74, 6) is 0.264. The van der Waals surface area contributed by atoms with E-state index in [9.17, 15) is 8.42 Å². The minimum Gasteiger partial charge on any atom is -0.360 e. The summed E-state index contributed by atoms with van der Waals surface area (Å²) in [6.45, 7) is 5.02. The molecule has 0 aliphatic rings. The molecule has 0 saturated heterocycles. The van der Waals surface area contributed by atoms with Crippen LogP contribution in [0.25, 0.3) is 0 Å². The number of hydrogen-bond donors (Lipinski definition) is 1. The number of nitrogens with one attached hydrogen (secondary N) is 1. The van der Waals surface area contributed by atoms with Crippen molar-refractivity contribution in [3.05, 3.63) is 35.0 Å². The molecular formula is C11H14N4O3S. The first kappa shape index (κ1) is 13.6. The third-order valence-electron chi connectivity index (χ3n) is 2.53. The quantitative estimate of drug-likeness (QED) is 0.893. The van der Waals surface area contributed by atoms with Gasteiger partial charge in [0.2, 0.25) is 10.0 Å². The molecular weight excluding hydrogens is 268 g/mol. The van der Waals surface area contributed by atoms with Gasteiger partial charge in [0.1, 0.15) is 10.6 Å². The van der Waals surface area contributed by atoms with Gasteiger partial charge in [0.05, 0.1) is 17.9 Å². The van der Waals surface area contributed by atoms with Crippen molar-refractivity contribution in [1.29, 1.82) is 0 Å². The summed E-state index contributed by atoms with van der Waals surface area (Å²) in [7, 11) is -3.66. The number of aryl methyl sites for hydroxylation is 3. The molecule has 0 amide bonds. The van der Waals surface area contributed by atoms with E-state index in [4.69, 9.17) is 4.52 Å². The highest BCUT2D eigenvalue weighted by Crippen LogP contribution is 2.18. The fourth-order valence-electron chi connectivity index (χ4n) is 1.62. The van der Waals surface area contributed by atoms with E-state index in [0.29, 0.717) is 11.4 Å². The number of hydrogen-bond acceptors (Lipinski definition) is 6. The molecule has 102 valence electrons. The average molecular weight is 282 g/mol. The maximum atomic E-state index is 12.1. The topological polar surface area (TPSA) is 98.0 Å². The van der Waals surface area contributed by atoms with Crippen molar-refractivity contribution in [3.8, 4) is 0 Å². The summed E-state index contributed by atoms with van der Waals surface area (Å²) in [5, 5.41) is 11.4. The Bertz CT molecular complexity index is 657. The zero-order chi connectivity index (χ0) is 14.0. The van der Waals surface area contributed by atoms with Crippen LogP contribution >= 0.6 is 0 Å². The van der Waals surface area contributed by atoms with E-state index in [-0.39, 0.29) is 17.2 Å². The predicted octanol–water partition coefficient (Wildman–Crippen LogP) is 0.868. The molecule has 0 radical (unpaired) electrons. The van der Waals surface area contributed by atoms with Crippen molar-refractivity contribution in [2.75, 3.05) is 0 Å². The Hall–Kier alpha value is -1.80. The van der Waals surface area contributed by atoms with E-state index >= 15 is 0 Å². The van der Waals surface area contributed by atoms with Crippen LogP contribution in [0.5, 0.6) is 0 Å². The summed E-state index contributed by atoms with van der Waals surface area (Å²) in [6, 6.07) is 3.49. The van der Waals surface area contributed by atoms with Crippen LogP contribution in [0.15, 0.2) is 21.6 Å². The van der Waals surface area contributed by atoms with Crippen molar-refractivity contribution >= 4 is 10.0 Å². The van der Waals surface area contributed by atoms with Crippen LogP contribution in [0.4, 0.5) is 0 Å². The Balaban J connectivity index is 2.17. The third-order valence-corrected chi connectivity index (χ3v) is 4.18. The van der Waals surface area contributed by atoms with Gasteiger partial charge in [0, 0.05) is 0 Å². The van der Waals surface area contributed by atoms with Crippen molar-refractivity contribution in [2.45, 2.75) is 32.2 Å². The molecule has 2 heterocycles. The van der Waals surface area contributed by atoms with E-state index in [0.717, 1.165) is 5.69 Å². The summed E-state index contributed by atoms with van der Waals surface area (Å²) in [6.07, 6.45) is 0. The Morgan fingerprint density at radius 3 is 2.47 bits per heavy atom. The maximum absolute atomic E-state index is 12.1. The number of nitrogens with zero attached hydrogens (tertiary/aromatic N) is 3. The highest BCUT2D eigenvalue weighted by Gasteiger charge is 2.23. The lowest BCUT2D eigenvalue weighted by Crippen LogP contribution is -2.24. The van der Waals surface area contributed by atoms with Gasteiger partial charge < -0.3 is 4.52 Å². The van der Waals surface area contributed by atoms with Crippen LogP contribution < -0.4 is 4.72 Å². The van der Waals surface area contributed by atoms with E-state index in [1.54, 1.807) is 26.0 Å². The van der Waals surface area contributed by atoms with Crippen molar-refractivity contribution in [3.63, 3.8) is 0 Å². The number of sulfonamides is 1. The molecule has 2 aromatic rings. The molecule has 0 unspecified atom stereocenters. The lowest BCUT2D eigenvalue weighted by atomic mass is 10.3. The molecule has 0 saturated carbocycles. The molecule has 2 rings (SSSR count). The van der Waals surface area contributed by atoms with Gasteiger partial charge in [-0.3, -0.25) is 0 Å². The third kappa shape index (κ3) is 2.96. The van der Waals surface area contributed by atoms with Gasteiger partial charge in [-0.25, -0.2) is 13.1 Å². The lowest BCUT2D eigenvalue weighted by Gasteiger charge is -2.05. The minimum atomic E-state index is -3.66. The van der Waals surface area contributed by atoms with Gasteiger partial charge in [-0.05, 0) is 32.9 Å². The van der Waals surface area contributed by atoms with Crippen molar-refractivity contribution in [1.82, 2.24) is 20.1 Å². The van der Waals surface area contributed by atoms with Crippen molar-refractivity contribution < 1.29 is 12.9 Å². The second-order valence-electron chi connectivity index (χ2n) is 4.14. The van der Waals surface area contributed by atoms with Gasteiger partial charge in [0.25, 0.3) is 0 Å². The molecule has 0 bridgehead atoms. The molecule has 0 fully saturated rings. The Labute approximate surface area is 111 Å². The molecule has 19 heavy (non-hydrogen) atoms. The van der Waals surface area contributed by atoms with Gasteiger partial charge in [-0.1, -0.05) is 5.16 Å². The minimum absolute atomic E-state index is 0.0691. The molecule has 0 aliphatic carbocycles. The smallest absolute Gasteiger partial charge is 0.246 e. The van der Waals surface area contributed by atoms with Gasteiger partial charge in [0.15, 0.2) is 5.76 Å². The SMILES string of the molecule is Cc1ccc(CNS(=O)(=O)c2c(C)noc2C)nn1. The second-order valence-corrected chi connectivity index (χ2v) is 5.85. The summed E-state index contributed by atoms with van der Waals surface area (Å²) in [5.41, 5.74) is 1.65. The fourth-order valence-corrected chi connectivity index (χ4v) is 2.94. The number of aromatic nitrogens is 3. The molecule has 0 aromatic carbocycles. The molecule has 0 atom stereocenters. The largest absolute Gasteiger partial charge is 0.360 e. The van der Waals surface area contributed by atoms with Crippen LogP contribution in [-0.4, -0.2) is 23.8 Å². The summed E-state index contributed by atoms with van der Waals surface area (Å²) >= 11 is 0. The van der Waals surface area contributed by atoms with Crippen LogP contribution in [-0.2, 0) is 16.6 Å². The zero-order valence-electron chi connectivity index (χ0n) is 10.8. The normalized spacial score (nSPS) is 11.7. The molecule has 0 spiro atoms. The predicted molar refractivity (Wildman–Crippen MR) is 66.8 cm³/mol. The van der Waals surface area contributed by atoms with E-state index in [2.05, 4.69) is 20.1 Å². The molecule has 2 aromatic heterocycles. The van der Waals surface area contributed by atoms with Gasteiger partial charge >= 0.3 is 0 Å². The van der Waals surface area contributed by atoms with Crippen LogP contribution in [0, 0.1) is 20.8 Å². The monoisotopic (exact) mass is 282 g/mol. The average Bonchev–Trinajstić information content (AvgIpc) is 2.69. The first-order valence-electron chi connectivity index (χ1n) is 5.62. The highest BCUT2D eigenvalue weighted by atomic mass is 32.2. The highest BCUT2D eigenvalue weighted by molar-refractivity contribution is 7.89. The van der Waals surface area contributed by atoms with E-state index in [1.165, 1.54) is 0 Å². The molecule has 1 N–H and O–H groups in total. The standard InChI is InChI=1S/C11H14N4O3S/c1-7-4-5-10(14-13-7)6-12-19(16,17)11-8(2)15-18-9(11)3/h4-5,12H,6H2,1-3H3.